The van der Waals surface area contributed by atoms with Crippen molar-refractivity contribution in [1.82, 2.24) is 39.8 Å². The fraction of sp³-hybridized carbons (Fsp3) is 0.512. The molecule has 5 aromatic rings. The maximum absolute atomic E-state index is 17.5. The van der Waals surface area contributed by atoms with Crippen molar-refractivity contribution in [1.29, 1.82) is 0 Å². The van der Waals surface area contributed by atoms with Crippen LogP contribution in [0.15, 0.2) is 36.5 Å². The number of benzene rings is 2. The molecule has 1 N–H and O–H groups in total. The first-order valence-corrected chi connectivity index (χ1v) is 20.8. The van der Waals surface area contributed by atoms with Gasteiger partial charge in [0.2, 0.25) is 0 Å². The number of nitrogens with one attached hydrogen (secondary N) is 1. The highest BCUT2D eigenvalue weighted by atomic mass is 19.1. The number of fused-ring (bicyclic) bond motifs is 5. The molecular weight excluding hydrogens is 761 g/mol. The van der Waals surface area contributed by atoms with E-state index in [1.54, 1.807) is 24.4 Å². The summed E-state index contributed by atoms with van der Waals surface area (Å²) in [7, 11) is 1.52. The first-order valence-electron chi connectivity index (χ1n) is 20.8. The number of hydrogen-bond acceptors (Lipinski definition) is 12. The van der Waals surface area contributed by atoms with Gasteiger partial charge in [-0.15, -0.1) is 0 Å². The van der Waals surface area contributed by atoms with E-state index in [-0.39, 0.29) is 41.7 Å². The van der Waals surface area contributed by atoms with E-state index in [1.807, 2.05) is 22.6 Å². The van der Waals surface area contributed by atoms with Crippen molar-refractivity contribution in [3.8, 4) is 23.0 Å². The second-order valence-electron chi connectivity index (χ2n) is 16.1. The smallest absolute Gasteiger partial charge is 0.319 e. The van der Waals surface area contributed by atoms with E-state index in [9.17, 15) is 4.79 Å². The summed E-state index contributed by atoms with van der Waals surface area (Å²) in [5.41, 5.74) is 2.12. The van der Waals surface area contributed by atoms with E-state index in [0.29, 0.717) is 109 Å². The van der Waals surface area contributed by atoms with Crippen molar-refractivity contribution in [3.63, 3.8) is 0 Å². The molecule has 4 aliphatic heterocycles. The molecule has 3 atom stereocenters. The Labute approximate surface area is 341 Å². The first kappa shape index (κ1) is 39.4. The Balaban J connectivity index is 1.11. The summed E-state index contributed by atoms with van der Waals surface area (Å²) in [4.78, 5) is 34.3. The molecule has 2 aromatic carbocycles. The molecule has 16 heteroatoms. The number of methoxy groups -OCH3 is 1. The molecule has 7 heterocycles. The standard InChI is InChI=1S/C43H51F2N9O5/c1-4-32-35(44)9-6-27-16-31(59-25-56-3)18-33(37(27)32)39-38(45)40-34(19-47-39)41(49-43(48-40)58-22-26(2)20-53-28-7-8-29(53)24-57-23-28)52-12-5-13-54-30(21-52)17-36(50-54)42(55)51-14-10-46-11-15-51/h6,9,16-19,26,28-29,46H,4-5,7-8,10-15,20-25H2,1-3H3/t26-,28?,29?/m1/s1. The van der Waals surface area contributed by atoms with Crippen LogP contribution in [0.1, 0.15) is 54.9 Å². The van der Waals surface area contributed by atoms with Gasteiger partial charge in [0, 0.05) is 82.7 Å². The van der Waals surface area contributed by atoms with E-state index in [1.165, 1.54) is 13.2 Å². The second-order valence-corrected chi connectivity index (χ2v) is 16.1. The average molecular weight is 812 g/mol. The van der Waals surface area contributed by atoms with Crippen LogP contribution in [0.3, 0.4) is 0 Å². The number of anilines is 1. The number of pyridine rings is 1. The third kappa shape index (κ3) is 7.78. The minimum atomic E-state index is -0.686. The zero-order chi connectivity index (χ0) is 40.6. The van der Waals surface area contributed by atoms with Crippen LogP contribution in [0.5, 0.6) is 11.8 Å². The lowest BCUT2D eigenvalue weighted by molar-refractivity contribution is -0.0229. The Morgan fingerprint density at radius 1 is 1.03 bits per heavy atom. The van der Waals surface area contributed by atoms with Gasteiger partial charge in [0.25, 0.3) is 5.91 Å². The lowest BCUT2D eigenvalue weighted by Crippen LogP contribution is -2.48. The minimum Gasteiger partial charge on any atom is -0.468 e. The number of morpholine rings is 1. The van der Waals surface area contributed by atoms with Crippen LogP contribution in [-0.2, 0) is 29.0 Å². The van der Waals surface area contributed by atoms with Gasteiger partial charge in [0.15, 0.2) is 18.3 Å². The number of nitrogens with zero attached hydrogens (tertiary/aromatic N) is 8. The summed E-state index contributed by atoms with van der Waals surface area (Å²) in [5, 5.41) is 9.65. The van der Waals surface area contributed by atoms with Crippen molar-refractivity contribution in [3.05, 3.63) is 65.1 Å². The van der Waals surface area contributed by atoms with Crippen LogP contribution < -0.4 is 19.7 Å². The molecule has 312 valence electrons. The third-order valence-electron chi connectivity index (χ3n) is 12.1. The van der Waals surface area contributed by atoms with Gasteiger partial charge in [-0.05, 0) is 66.3 Å². The number of aryl methyl sites for hydroxylation is 2. The molecule has 3 aromatic heterocycles. The average Bonchev–Trinajstić information content (AvgIpc) is 3.65. The minimum absolute atomic E-state index is 0.00226. The molecule has 0 aliphatic carbocycles. The van der Waals surface area contributed by atoms with Gasteiger partial charge < -0.3 is 34.1 Å². The Bertz CT molecular complexity index is 2340. The highest BCUT2D eigenvalue weighted by Gasteiger charge is 2.38. The summed E-state index contributed by atoms with van der Waals surface area (Å²) >= 11 is 0. The normalized spacial score (nSPS) is 20.2. The largest absolute Gasteiger partial charge is 0.468 e. The molecular formula is C43H51F2N9O5. The molecule has 2 bridgehead atoms. The lowest BCUT2D eigenvalue weighted by Gasteiger charge is -2.36. The van der Waals surface area contributed by atoms with Gasteiger partial charge in [0.1, 0.15) is 28.6 Å². The highest BCUT2D eigenvalue weighted by molar-refractivity contribution is 6.02. The number of carbonyl (C=O) groups excluding carboxylic acids is 1. The number of aromatic nitrogens is 5. The molecule has 2 unspecified atom stereocenters. The van der Waals surface area contributed by atoms with Crippen molar-refractivity contribution < 1.29 is 32.5 Å². The molecule has 14 nitrogen and oxygen atoms in total. The van der Waals surface area contributed by atoms with E-state index in [4.69, 9.17) is 39.0 Å². The van der Waals surface area contributed by atoms with Gasteiger partial charge in [-0.3, -0.25) is 19.4 Å². The number of carbonyl (C=O) groups is 1. The molecule has 3 saturated heterocycles. The quantitative estimate of drug-likeness (QED) is 0.166. The molecule has 59 heavy (non-hydrogen) atoms. The number of ether oxygens (including phenoxy) is 4. The number of halogens is 2. The summed E-state index contributed by atoms with van der Waals surface area (Å²) < 4.78 is 57.9. The van der Waals surface area contributed by atoms with Gasteiger partial charge >= 0.3 is 6.01 Å². The SMILES string of the molecule is CCc1c(F)ccc2cc(OCOC)cc(-c3ncc4c(N5CCCn6nc(C(=O)N7CCNCC7)cc6C5)nc(OC[C@H](C)CN5C6CCC5COC6)nc4c3F)c12. The highest BCUT2D eigenvalue weighted by Crippen LogP contribution is 2.40. The van der Waals surface area contributed by atoms with Crippen molar-refractivity contribution >= 4 is 33.4 Å². The summed E-state index contributed by atoms with van der Waals surface area (Å²) in [6, 6.07) is 9.28. The van der Waals surface area contributed by atoms with E-state index in [0.717, 1.165) is 51.4 Å². The molecule has 4 aliphatic rings. The summed E-state index contributed by atoms with van der Waals surface area (Å²) in [5.74, 6) is -0.126. The van der Waals surface area contributed by atoms with Crippen LogP contribution in [-0.4, -0.2) is 126 Å². The number of rotatable bonds is 12. The first-order chi connectivity index (χ1) is 28.8. The van der Waals surface area contributed by atoms with Crippen LogP contribution in [0.25, 0.3) is 32.9 Å². The Hall–Kier alpha value is -5.03. The fourth-order valence-corrected chi connectivity index (χ4v) is 9.16. The van der Waals surface area contributed by atoms with Crippen LogP contribution in [0.4, 0.5) is 14.6 Å². The number of piperazine rings is 1. The summed E-state index contributed by atoms with van der Waals surface area (Å²) in [6.45, 7) is 11.0. The van der Waals surface area contributed by atoms with Crippen molar-refractivity contribution in [2.24, 2.45) is 5.92 Å². The third-order valence-corrected chi connectivity index (χ3v) is 12.1. The Morgan fingerprint density at radius 2 is 1.85 bits per heavy atom. The van der Waals surface area contributed by atoms with Crippen molar-refractivity contribution in [2.45, 2.75) is 64.7 Å². The van der Waals surface area contributed by atoms with E-state index >= 15 is 8.78 Å². The monoisotopic (exact) mass is 811 g/mol. The zero-order valence-electron chi connectivity index (χ0n) is 33.9. The molecule has 1 amide bonds. The van der Waals surface area contributed by atoms with Gasteiger partial charge in [-0.2, -0.15) is 15.1 Å². The van der Waals surface area contributed by atoms with Crippen LogP contribution in [0, 0.1) is 17.6 Å². The topological polar surface area (TPSA) is 132 Å². The van der Waals surface area contributed by atoms with Crippen LogP contribution >= 0.6 is 0 Å². The molecule has 0 saturated carbocycles. The molecule has 3 fully saturated rings. The van der Waals surface area contributed by atoms with Gasteiger partial charge in [-0.1, -0.05) is 19.9 Å². The maximum atomic E-state index is 17.5. The van der Waals surface area contributed by atoms with Gasteiger partial charge in [0.05, 0.1) is 37.4 Å². The predicted octanol–water partition coefficient (Wildman–Crippen LogP) is 5.20. The number of amides is 1. The molecule has 0 radical (unpaired) electrons. The Morgan fingerprint density at radius 3 is 2.63 bits per heavy atom. The second kappa shape index (κ2) is 16.9. The van der Waals surface area contributed by atoms with E-state index in [2.05, 4.69) is 22.0 Å². The van der Waals surface area contributed by atoms with E-state index < -0.39 is 5.82 Å². The predicted molar refractivity (Wildman–Crippen MR) is 218 cm³/mol. The summed E-state index contributed by atoms with van der Waals surface area (Å²) in [6.07, 6.45) is 4.94. The van der Waals surface area contributed by atoms with Gasteiger partial charge in [-0.25, -0.2) is 8.78 Å². The molecule has 9 rings (SSSR count). The lowest BCUT2D eigenvalue weighted by atomic mass is 9.94. The zero-order valence-corrected chi connectivity index (χ0v) is 33.9. The Kier molecular flexibility index (Phi) is 11.3. The number of hydrogen-bond donors (Lipinski definition) is 1. The van der Waals surface area contributed by atoms with Crippen LogP contribution in [0.2, 0.25) is 0 Å². The maximum Gasteiger partial charge on any atom is 0.319 e. The fourth-order valence-electron chi connectivity index (χ4n) is 9.16. The van der Waals surface area contributed by atoms with Crippen molar-refractivity contribution in [2.75, 3.05) is 77.9 Å². The molecule has 0 spiro atoms.